The first-order valence-electron chi connectivity index (χ1n) is 5.74. The monoisotopic (exact) mass is 312 g/mol. The molecule has 0 fully saturated rings. The van der Waals surface area contributed by atoms with Gasteiger partial charge in [-0.15, -0.1) is 0 Å². The molecule has 0 aromatic heterocycles. The van der Waals surface area contributed by atoms with Gasteiger partial charge in [0.2, 0.25) is 5.91 Å². The first-order valence-corrected chi connectivity index (χ1v) is 6.53. The molecule has 0 aliphatic carbocycles. The summed E-state index contributed by atoms with van der Waals surface area (Å²) in [6.07, 6.45) is 0. The van der Waals surface area contributed by atoms with Crippen molar-refractivity contribution in [1.82, 2.24) is 10.2 Å². The second kappa shape index (κ2) is 6.54. The van der Waals surface area contributed by atoms with Crippen molar-refractivity contribution < 1.29 is 9.59 Å². The van der Waals surface area contributed by atoms with Crippen LogP contribution in [-0.2, 0) is 4.79 Å². The quantitative estimate of drug-likeness (QED) is 0.924. The Morgan fingerprint density at radius 1 is 1.39 bits per heavy atom. The maximum absolute atomic E-state index is 12.1. The number of hydrogen-bond donors (Lipinski definition) is 1. The summed E-state index contributed by atoms with van der Waals surface area (Å²) in [6.45, 7) is 4.43. The maximum Gasteiger partial charge on any atom is 0.255 e. The lowest BCUT2D eigenvalue weighted by molar-refractivity contribution is -0.121. The van der Waals surface area contributed by atoms with E-state index in [4.69, 9.17) is 0 Å². The molecule has 1 rings (SSSR count). The normalized spacial score (nSPS) is 10.0. The molecular weight excluding hydrogens is 296 g/mol. The number of carbonyl (C=O) groups is 2. The van der Waals surface area contributed by atoms with Crippen LogP contribution in [0.3, 0.4) is 0 Å². The summed E-state index contributed by atoms with van der Waals surface area (Å²) in [5.74, 6) is -0.329. The zero-order valence-corrected chi connectivity index (χ0v) is 12.4. The zero-order chi connectivity index (χ0) is 13.7. The van der Waals surface area contributed by atoms with Crippen molar-refractivity contribution >= 4 is 27.7 Å². The van der Waals surface area contributed by atoms with Crippen LogP contribution >= 0.6 is 15.9 Å². The van der Waals surface area contributed by atoms with E-state index in [1.165, 1.54) is 4.90 Å². The molecule has 4 nitrogen and oxygen atoms in total. The summed E-state index contributed by atoms with van der Waals surface area (Å²) in [4.78, 5) is 24.9. The number of rotatable bonds is 4. The Hall–Kier alpha value is -1.36. The predicted molar refractivity (Wildman–Crippen MR) is 74.5 cm³/mol. The molecule has 0 bridgehead atoms. The lowest BCUT2D eigenvalue weighted by atomic mass is 10.1. The predicted octanol–water partition coefficient (Wildman–Crippen LogP) is 1.97. The third kappa shape index (κ3) is 3.84. The third-order valence-electron chi connectivity index (χ3n) is 2.46. The Balaban J connectivity index is 2.77. The zero-order valence-electron chi connectivity index (χ0n) is 10.8. The minimum absolute atomic E-state index is 0.0625. The highest BCUT2D eigenvalue weighted by molar-refractivity contribution is 9.10. The van der Waals surface area contributed by atoms with Gasteiger partial charge >= 0.3 is 0 Å². The van der Waals surface area contributed by atoms with Crippen molar-refractivity contribution in [2.24, 2.45) is 0 Å². The fraction of sp³-hybridized carbons (Fsp3) is 0.385. The highest BCUT2D eigenvalue weighted by Crippen LogP contribution is 2.19. The molecule has 18 heavy (non-hydrogen) atoms. The van der Waals surface area contributed by atoms with E-state index in [0.717, 1.165) is 10.0 Å². The Morgan fingerprint density at radius 2 is 2.06 bits per heavy atom. The van der Waals surface area contributed by atoms with Crippen LogP contribution in [-0.4, -0.2) is 36.9 Å². The van der Waals surface area contributed by atoms with E-state index in [1.54, 1.807) is 13.1 Å². The van der Waals surface area contributed by atoms with Crippen molar-refractivity contribution in [2.75, 3.05) is 20.1 Å². The highest BCUT2D eigenvalue weighted by Gasteiger charge is 2.16. The van der Waals surface area contributed by atoms with Gasteiger partial charge in [0.1, 0.15) is 0 Å². The third-order valence-corrected chi connectivity index (χ3v) is 3.11. The first-order chi connectivity index (χ1) is 8.45. The summed E-state index contributed by atoms with van der Waals surface area (Å²) in [6, 6.07) is 5.51. The molecule has 1 N–H and O–H groups in total. The number of nitrogens with zero attached hydrogens (tertiary/aromatic N) is 1. The molecule has 98 valence electrons. The van der Waals surface area contributed by atoms with Gasteiger partial charge in [-0.25, -0.2) is 0 Å². The summed E-state index contributed by atoms with van der Waals surface area (Å²) < 4.78 is 0.746. The first kappa shape index (κ1) is 14.7. The van der Waals surface area contributed by atoms with Crippen molar-refractivity contribution in [1.29, 1.82) is 0 Å². The molecule has 0 unspecified atom stereocenters. The van der Waals surface area contributed by atoms with Gasteiger partial charge in [0, 0.05) is 18.1 Å². The SMILES string of the molecule is CCNC(=O)CN(C)C(=O)c1ccc(C)cc1Br. The summed E-state index contributed by atoms with van der Waals surface area (Å²) >= 11 is 3.36. The van der Waals surface area contributed by atoms with Gasteiger partial charge in [-0.05, 0) is 47.5 Å². The molecule has 0 heterocycles. The van der Waals surface area contributed by atoms with Crippen molar-refractivity contribution in [3.05, 3.63) is 33.8 Å². The summed E-state index contributed by atoms with van der Waals surface area (Å²) in [5, 5.41) is 2.66. The Labute approximate surface area is 115 Å². The Bertz CT molecular complexity index is 460. The number of aryl methyl sites for hydroxylation is 1. The molecule has 0 aliphatic rings. The van der Waals surface area contributed by atoms with Gasteiger partial charge in [0.25, 0.3) is 5.91 Å². The average molecular weight is 313 g/mol. The standard InChI is InChI=1S/C13H17BrN2O2/c1-4-15-12(17)8-16(3)13(18)10-6-5-9(2)7-11(10)14/h5-7H,4,8H2,1-3H3,(H,15,17). The molecule has 2 amide bonds. The molecule has 0 spiro atoms. The Morgan fingerprint density at radius 3 is 2.61 bits per heavy atom. The fourth-order valence-electron chi connectivity index (χ4n) is 1.54. The molecule has 1 aromatic rings. The van der Waals surface area contributed by atoms with Gasteiger partial charge in [-0.1, -0.05) is 6.07 Å². The number of likely N-dealkylation sites (N-methyl/N-ethyl adjacent to an activating group) is 2. The van der Waals surface area contributed by atoms with Crippen LogP contribution in [0.5, 0.6) is 0 Å². The van der Waals surface area contributed by atoms with Crippen LogP contribution in [0.2, 0.25) is 0 Å². The van der Waals surface area contributed by atoms with Crippen LogP contribution in [0.15, 0.2) is 22.7 Å². The minimum Gasteiger partial charge on any atom is -0.355 e. The molecule has 0 saturated carbocycles. The van der Waals surface area contributed by atoms with E-state index in [9.17, 15) is 9.59 Å². The topological polar surface area (TPSA) is 49.4 Å². The fourth-order valence-corrected chi connectivity index (χ4v) is 2.20. The van der Waals surface area contributed by atoms with Crippen molar-refractivity contribution in [2.45, 2.75) is 13.8 Å². The van der Waals surface area contributed by atoms with E-state index in [0.29, 0.717) is 12.1 Å². The van der Waals surface area contributed by atoms with Gasteiger partial charge < -0.3 is 10.2 Å². The second-order valence-electron chi connectivity index (χ2n) is 4.10. The number of nitrogens with one attached hydrogen (secondary N) is 1. The maximum atomic E-state index is 12.1. The number of benzene rings is 1. The number of halogens is 1. The molecule has 0 saturated heterocycles. The summed E-state index contributed by atoms with van der Waals surface area (Å²) in [5.41, 5.74) is 1.64. The van der Waals surface area contributed by atoms with E-state index in [-0.39, 0.29) is 18.4 Å². The molecule has 0 atom stereocenters. The van der Waals surface area contributed by atoms with E-state index in [1.807, 2.05) is 26.0 Å². The molecule has 5 heteroatoms. The van der Waals surface area contributed by atoms with Gasteiger partial charge in [-0.3, -0.25) is 9.59 Å². The molecule has 0 aliphatic heterocycles. The van der Waals surface area contributed by atoms with Crippen LogP contribution < -0.4 is 5.32 Å². The van der Waals surface area contributed by atoms with Crippen LogP contribution in [0.1, 0.15) is 22.8 Å². The van der Waals surface area contributed by atoms with Gasteiger partial charge in [0.15, 0.2) is 0 Å². The van der Waals surface area contributed by atoms with Crippen LogP contribution in [0.25, 0.3) is 0 Å². The van der Waals surface area contributed by atoms with Crippen LogP contribution in [0, 0.1) is 6.92 Å². The largest absolute Gasteiger partial charge is 0.355 e. The second-order valence-corrected chi connectivity index (χ2v) is 4.95. The lowest BCUT2D eigenvalue weighted by Gasteiger charge is -2.17. The van der Waals surface area contributed by atoms with Crippen LogP contribution in [0.4, 0.5) is 0 Å². The highest BCUT2D eigenvalue weighted by atomic mass is 79.9. The van der Waals surface area contributed by atoms with Crippen molar-refractivity contribution in [3.63, 3.8) is 0 Å². The number of hydrogen-bond acceptors (Lipinski definition) is 2. The van der Waals surface area contributed by atoms with E-state index < -0.39 is 0 Å². The minimum atomic E-state index is -0.173. The lowest BCUT2D eigenvalue weighted by Crippen LogP contribution is -2.38. The molecule has 0 radical (unpaired) electrons. The summed E-state index contributed by atoms with van der Waals surface area (Å²) in [7, 11) is 1.61. The van der Waals surface area contributed by atoms with Crippen molar-refractivity contribution in [3.8, 4) is 0 Å². The number of amides is 2. The van der Waals surface area contributed by atoms with Gasteiger partial charge in [-0.2, -0.15) is 0 Å². The average Bonchev–Trinajstić information content (AvgIpc) is 2.28. The van der Waals surface area contributed by atoms with E-state index >= 15 is 0 Å². The number of carbonyl (C=O) groups excluding carboxylic acids is 2. The Kier molecular flexibility index (Phi) is 5.34. The van der Waals surface area contributed by atoms with E-state index in [2.05, 4.69) is 21.2 Å². The molecular formula is C13H17BrN2O2. The molecule has 1 aromatic carbocycles. The van der Waals surface area contributed by atoms with Gasteiger partial charge in [0.05, 0.1) is 12.1 Å². The smallest absolute Gasteiger partial charge is 0.255 e.